The number of benzene rings is 2. The van der Waals surface area contributed by atoms with E-state index in [9.17, 15) is 19.8 Å². The summed E-state index contributed by atoms with van der Waals surface area (Å²) in [6, 6.07) is 12.6. The molecule has 2 unspecified atom stereocenters. The normalized spacial score (nSPS) is 24.1. The first-order valence-electron chi connectivity index (χ1n) is 9.94. The minimum Gasteiger partial charge on any atom is -0.465 e. The lowest BCUT2D eigenvalue weighted by molar-refractivity contribution is -0.166. The van der Waals surface area contributed by atoms with E-state index in [1.807, 2.05) is 18.2 Å². The average molecular weight is 395 g/mol. The fraction of sp³-hybridized carbons (Fsp3) is 0.391. The number of rotatable bonds is 5. The van der Waals surface area contributed by atoms with Crippen molar-refractivity contribution >= 4 is 11.9 Å². The zero-order chi connectivity index (χ0) is 21.0. The Hall–Kier alpha value is -2.86. The molecule has 0 spiro atoms. The Morgan fingerprint density at radius 2 is 1.90 bits per heavy atom. The van der Waals surface area contributed by atoms with Crippen molar-refractivity contribution in [2.45, 2.75) is 44.3 Å². The summed E-state index contributed by atoms with van der Waals surface area (Å²) in [5, 5.41) is 21.2. The van der Waals surface area contributed by atoms with Gasteiger partial charge in [-0.1, -0.05) is 50.2 Å². The van der Waals surface area contributed by atoms with Gasteiger partial charge >= 0.3 is 6.09 Å². The molecule has 1 aliphatic carbocycles. The van der Waals surface area contributed by atoms with E-state index >= 15 is 0 Å². The smallest absolute Gasteiger partial charge is 0.407 e. The van der Waals surface area contributed by atoms with Gasteiger partial charge in [0, 0.05) is 29.8 Å². The molecule has 2 aliphatic rings. The van der Waals surface area contributed by atoms with Gasteiger partial charge in [-0.15, -0.1) is 0 Å². The molecule has 152 valence electrons. The lowest BCUT2D eigenvalue weighted by Gasteiger charge is -2.35. The van der Waals surface area contributed by atoms with Crippen LogP contribution in [0.15, 0.2) is 42.5 Å². The molecular weight excluding hydrogens is 370 g/mol. The molecule has 0 aromatic heterocycles. The van der Waals surface area contributed by atoms with E-state index < -0.39 is 17.3 Å². The second-order valence-electron chi connectivity index (χ2n) is 8.05. The number of amides is 1. The third kappa shape index (κ3) is 2.52. The van der Waals surface area contributed by atoms with E-state index in [2.05, 4.69) is 13.8 Å². The molecule has 6 nitrogen and oxygen atoms in total. The molecule has 2 atom stereocenters. The number of hydrogen-bond donors (Lipinski definition) is 2. The molecule has 0 saturated heterocycles. The van der Waals surface area contributed by atoms with Crippen LogP contribution in [0.3, 0.4) is 0 Å². The summed E-state index contributed by atoms with van der Waals surface area (Å²) in [6.45, 7) is 6.29. The molecule has 1 amide bonds. The second-order valence-corrected chi connectivity index (χ2v) is 8.05. The van der Waals surface area contributed by atoms with Crippen LogP contribution >= 0.6 is 0 Å². The van der Waals surface area contributed by atoms with Crippen molar-refractivity contribution in [3.8, 4) is 5.75 Å². The number of nitrogens with zero attached hydrogens (tertiary/aromatic N) is 1. The summed E-state index contributed by atoms with van der Waals surface area (Å²) < 4.78 is 6.10. The van der Waals surface area contributed by atoms with Gasteiger partial charge in [0.1, 0.15) is 11.2 Å². The largest absolute Gasteiger partial charge is 0.465 e. The Balaban J connectivity index is 1.88. The highest BCUT2D eigenvalue weighted by atomic mass is 16.6. The van der Waals surface area contributed by atoms with E-state index in [1.54, 1.807) is 31.2 Å². The number of carbonyl (C=O) groups is 2. The maximum absolute atomic E-state index is 13.7. The van der Waals surface area contributed by atoms with Crippen LogP contribution in [0.1, 0.15) is 60.2 Å². The van der Waals surface area contributed by atoms with Gasteiger partial charge in [0.2, 0.25) is 0 Å². The summed E-state index contributed by atoms with van der Waals surface area (Å²) >= 11 is 0. The molecule has 6 heteroatoms. The first-order valence-corrected chi connectivity index (χ1v) is 9.94. The van der Waals surface area contributed by atoms with Crippen molar-refractivity contribution in [3.05, 3.63) is 64.7 Å². The van der Waals surface area contributed by atoms with E-state index in [0.29, 0.717) is 29.0 Å². The van der Waals surface area contributed by atoms with Crippen LogP contribution in [0.25, 0.3) is 0 Å². The first kappa shape index (κ1) is 19.5. The number of ether oxygens (including phenoxy) is 1. The first-order chi connectivity index (χ1) is 13.8. The Bertz CT molecular complexity index is 1000. The van der Waals surface area contributed by atoms with Crippen molar-refractivity contribution in [1.29, 1.82) is 0 Å². The van der Waals surface area contributed by atoms with Crippen molar-refractivity contribution in [2.24, 2.45) is 0 Å². The number of Topliss-reactive ketones (excluding diaryl/α,β-unsaturated/α-hetero) is 1. The maximum Gasteiger partial charge on any atom is 0.407 e. The zero-order valence-electron chi connectivity index (χ0n) is 16.8. The fourth-order valence-electron chi connectivity index (χ4n) is 4.64. The van der Waals surface area contributed by atoms with Crippen molar-refractivity contribution in [2.75, 3.05) is 13.1 Å². The molecule has 4 rings (SSSR count). The van der Waals surface area contributed by atoms with Gasteiger partial charge in [0.25, 0.3) is 5.79 Å². The van der Waals surface area contributed by atoms with Gasteiger partial charge < -0.3 is 19.8 Å². The topological polar surface area (TPSA) is 87.1 Å². The number of aliphatic hydroxyl groups is 1. The number of fused-ring (bicyclic) bond motifs is 5. The molecule has 1 heterocycles. The van der Waals surface area contributed by atoms with Crippen LogP contribution in [-0.4, -0.2) is 40.1 Å². The monoisotopic (exact) mass is 395 g/mol. The molecule has 29 heavy (non-hydrogen) atoms. The highest BCUT2D eigenvalue weighted by Crippen LogP contribution is 2.61. The summed E-state index contributed by atoms with van der Waals surface area (Å²) in [7, 11) is 0. The van der Waals surface area contributed by atoms with E-state index in [4.69, 9.17) is 4.74 Å². The molecule has 2 aromatic rings. The Labute approximate surface area is 169 Å². The van der Waals surface area contributed by atoms with Crippen LogP contribution in [-0.2, 0) is 11.2 Å². The van der Waals surface area contributed by atoms with Crippen LogP contribution in [0.5, 0.6) is 5.75 Å². The summed E-state index contributed by atoms with van der Waals surface area (Å²) in [5.41, 5.74) is 1.15. The summed E-state index contributed by atoms with van der Waals surface area (Å²) in [5.74, 6) is -1.33. The fourth-order valence-corrected chi connectivity index (χ4v) is 4.64. The van der Waals surface area contributed by atoms with Crippen LogP contribution in [0.2, 0.25) is 0 Å². The van der Waals surface area contributed by atoms with Crippen molar-refractivity contribution < 1.29 is 24.5 Å². The Kier molecular flexibility index (Phi) is 4.42. The standard InChI is InChI=1S/C23H25NO5/c1-4-24(21(26)27)12-11-22-18-10-9-15(14(2)3)13-19(18)29-23(22,28)17-8-6-5-7-16(17)20(22)25/h5-10,13-14,28H,4,11-12H2,1-3H3,(H,26,27). The van der Waals surface area contributed by atoms with Gasteiger partial charge in [0.15, 0.2) is 5.78 Å². The molecule has 0 fully saturated rings. The average Bonchev–Trinajstić information content (AvgIpc) is 3.05. The van der Waals surface area contributed by atoms with Crippen molar-refractivity contribution in [1.82, 2.24) is 4.90 Å². The minimum atomic E-state index is -1.85. The van der Waals surface area contributed by atoms with Crippen LogP contribution in [0.4, 0.5) is 4.79 Å². The Morgan fingerprint density at radius 3 is 2.55 bits per heavy atom. The minimum absolute atomic E-state index is 0.114. The van der Waals surface area contributed by atoms with Crippen LogP contribution in [0, 0.1) is 0 Å². The van der Waals surface area contributed by atoms with Gasteiger partial charge in [-0.3, -0.25) is 4.79 Å². The predicted octanol–water partition coefficient (Wildman–Crippen LogP) is 3.87. The molecule has 0 bridgehead atoms. The van der Waals surface area contributed by atoms with E-state index in [-0.39, 0.29) is 24.7 Å². The molecule has 1 aliphatic heterocycles. The van der Waals surface area contributed by atoms with Gasteiger partial charge in [0.05, 0.1) is 0 Å². The van der Waals surface area contributed by atoms with Crippen molar-refractivity contribution in [3.63, 3.8) is 0 Å². The molecular formula is C23H25NO5. The molecule has 0 radical (unpaired) electrons. The lowest BCUT2D eigenvalue weighted by atomic mass is 9.71. The second kappa shape index (κ2) is 6.59. The number of carbonyl (C=O) groups excluding carboxylic acids is 1. The quantitative estimate of drug-likeness (QED) is 0.802. The van der Waals surface area contributed by atoms with Gasteiger partial charge in [-0.05, 0) is 30.9 Å². The third-order valence-corrected chi connectivity index (χ3v) is 6.30. The number of ketones is 1. The highest BCUT2D eigenvalue weighted by molar-refractivity contribution is 6.11. The van der Waals surface area contributed by atoms with Crippen LogP contribution < -0.4 is 4.74 Å². The van der Waals surface area contributed by atoms with E-state index in [1.165, 1.54) is 4.90 Å². The maximum atomic E-state index is 13.7. The van der Waals surface area contributed by atoms with Gasteiger partial charge in [-0.2, -0.15) is 0 Å². The molecule has 2 N–H and O–H groups in total. The molecule has 2 aromatic carbocycles. The SMILES string of the molecule is CCN(CCC12C(=O)c3ccccc3C1(O)Oc1cc(C(C)C)ccc12)C(=O)O. The number of carboxylic acid groups (broad SMARTS) is 1. The lowest BCUT2D eigenvalue weighted by Crippen LogP contribution is -2.50. The molecule has 0 saturated carbocycles. The highest BCUT2D eigenvalue weighted by Gasteiger charge is 2.70. The third-order valence-electron chi connectivity index (χ3n) is 6.30. The zero-order valence-corrected chi connectivity index (χ0v) is 16.8. The Morgan fingerprint density at radius 1 is 1.17 bits per heavy atom. The summed E-state index contributed by atoms with van der Waals surface area (Å²) in [6.07, 6.45) is -0.921. The number of hydrogen-bond acceptors (Lipinski definition) is 4. The predicted molar refractivity (Wildman–Crippen MR) is 107 cm³/mol. The summed E-state index contributed by atoms with van der Waals surface area (Å²) in [4.78, 5) is 26.4. The van der Waals surface area contributed by atoms with Gasteiger partial charge in [-0.25, -0.2) is 4.79 Å². The van der Waals surface area contributed by atoms with E-state index in [0.717, 1.165) is 5.56 Å².